The largest absolute Gasteiger partial charge is 0.337 e. The molecule has 1 N–H and O–H groups in total. The van der Waals surface area contributed by atoms with Gasteiger partial charge in [-0.05, 0) is 12.1 Å². The summed E-state index contributed by atoms with van der Waals surface area (Å²) >= 11 is 12.2. The standard InChI is InChI=1S/C13H8Cl2N2/c14-9-6-7-10(15)12-11(9)16-13(17-12)8-4-2-1-3-5-8/h1-7H,(H,16,17). The fourth-order valence-corrected chi connectivity index (χ4v) is 2.16. The predicted molar refractivity (Wildman–Crippen MR) is 71.5 cm³/mol. The number of halogens is 2. The number of aromatic amines is 1. The van der Waals surface area contributed by atoms with Crippen molar-refractivity contribution < 1.29 is 0 Å². The molecular formula is C13H8Cl2N2. The van der Waals surface area contributed by atoms with Gasteiger partial charge in [0.1, 0.15) is 11.3 Å². The van der Waals surface area contributed by atoms with Crippen molar-refractivity contribution in [2.75, 3.05) is 0 Å². The van der Waals surface area contributed by atoms with E-state index in [9.17, 15) is 0 Å². The summed E-state index contributed by atoms with van der Waals surface area (Å²) in [7, 11) is 0. The molecule has 84 valence electrons. The minimum absolute atomic E-state index is 0.600. The average Bonchev–Trinajstić information content (AvgIpc) is 2.81. The Morgan fingerprint density at radius 1 is 0.882 bits per heavy atom. The first-order chi connectivity index (χ1) is 8.25. The minimum Gasteiger partial charge on any atom is -0.337 e. The van der Waals surface area contributed by atoms with Gasteiger partial charge in [-0.2, -0.15) is 0 Å². The zero-order chi connectivity index (χ0) is 11.8. The second-order valence-corrected chi connectivity index (χ2v) is 4.52. The molecule has 2 nitrogen and oxygen atoms in total. The van der Waals surface area contributed by atoms with E-state index in [0.717, 1.165) is 16.9 Å². The summed E-state index contributed by atoms with van der Waals surface area (Å²) in [6.45, 7) is 0. The molecule has 0 unspecified atom stereocenters. The summed E-state index contributed by atoms with van der Waals surface area (Å²) < 4.78 is 0. The van der Waals surface area contributed by atoms with Crippen molar-refractivity contribution in [2.45, 2.75) is 0 Å². The van der Waals surface area contributed by atoms with Gasteiger partial charge >= 0.3 is 0 Å². The highest BCUT2D eigenvalue weighted by atomic mass is 35.5. The van der Waals surface area contributed by atoms with Crippen molar-refractivity contribution >= 4 is 34.2 Å². The summed E-state index contributed by atoms with van der Waals surface area (Å²) in [4.78, 5) is 7.66. The van der Waals surface area contributed by atoms with E-state index in [1.807, 2.05) is 30.3 Å². The van der Waals surface area contributed by atoms with E-state index in [1.165, 1.54) is 0 Å². The number of aromatic nitrogens is 2. The lowest BCUT2D eigenvalue weighted by Gasteiger charge is -1.93. The third kappa shape index (κ3) is 1.79. The SMILES string of the molecule is Clc1ccc(Cl)c2[nH]c(-c3ccccc3)nc12. The quantitative estimate of drug-likeness (QED) is 0.686. The van der Waals surface area contributed by atoms with Crippen LogP contribution in [0.5, 0.6) is 0 Å². The molecule has 0 atom stereocenters. The molecule has 3 aromatic rings. The van der Waals surface area contributed by atoms with Crippen molar-refractivity contribution in [3.63, 3.8) is 0 Å². The van der Waals surface area contributed by atoms with Crippen LogP contribution in [-0.4, -0.2) is 9.97 Å². The van der Waals surface area contributed by atoms with Crippen molar-refractivity contribution in [1.29, 1.82) is 0 Å². The first kappa shape index (κ1) is 10.6. The number of nitrogens with one attached hydrogen (secondary N) is 1. The predicted octanol–water partition coefficient (Wildman–Crippen LogP) is 4.54. The van der Waals surface area contributed by atoms with Crippen LogP contribution in [0.4, 0.5) is 0 Å². The maximum absolute atomic E-state index is 6.10. The Morgan fingerprint density at radius 3 is 2.29 bits per heavy atom. The zero-order valence-corrected chi connectivity index (χ0v) is 10.3. The monoisotopic (exact) mass is 262 g/mol. The molecule has 3 rings (SSSR count). The van der Waals surface area contributed by atoms with Gasteiger partial charge in [-0.25, -0.2) is 4.98 Å². The van der Waals surface area contributed by atoms with Gasteiger partial charge < -0.3 is 4.98 Å². The molecular weight excluding hydrogens is 255 g/mol. The first-order valence-corrected chi connectivity index (χ1v) is 5.90. The number of H-pyrrole nitrogens is 1. The number of benzene rings is 2. The highest BCUT2D eigenvalue weighted by Gasteiger charge is 2.10. The Morgan fingerprint density at radius 2 is 1.59 bits per heavy atom. The van der Waals surface area contributed by atoms with E-state index >= 15 is 0 Å². The maximum Gasteiger partial charge on any atom is 0.138 e. The molecule has 0 amide bonds. The molecule has 0 saturated heterocycles. The summed E-state index contributed by atoms with van der Waals surface area (Å²) in [5, 5.41) is 1.22. The number of hydrogen-bond donors (Lipinski definition) is 1. The normalized spacial score (nSPS) is 10.9. The highest BCUT2D eigenvalue weighted by Crippen LogP contribution is 2.30. The van der Waals surface area contributed by atoms with E-state index in [0.29, 0.717) is 15.6 Å². The number of fused-ring (bicyclic) bond motifs is 1. The molecule has 0 bridgehead atoms. The molecule has 0 aliphatic carbocycles. The van der Waals surface area contributed by atoms with Crippen LogP contribution in [0.2, 0.25) is 10.0 Å². The van der Waals surface area contributed by atoms with Crippen LogP contribution < -0.4 is 0 Å². The van der Waals surface area contributed by atoms with Crippen LogP contribution >= 0.6 is 23.2 Å². The van der Waals surface area contributed by atoms with Gasteiger partial charge in [0, 0.05) is 5.56 Å². The van der Waals surface area contributed by atoms with Crippen LogP contribution in [0, 0.1) is 0 Å². The maximum atomic E-state index is 6.10. The fraction of sp³-hybridized carbons (Fsp3) is 0. The molecule has 2 aromatic carbocycles. The zero-order valence-electron chi connectivity index (χ0n) is 8.74. The van der Waals surface area contributed by atoms with Crippen LogP contribution in [0.3, 0.4) is 0 Å². The molecule has 0 fully saturated rings. The fourth-order valence-electron chi connectivity index (χ4n) is 1.76. The molecule has 4 heteroatoms. The van der Waals surface area contributed by atoms with Crippen LogP contribution in [-0.2, 0) is 0 Å². The van der Waals surface area contributed by atoms with Crippen molar-refractivity contribution in [2.24, 2.45) is 0 Å². The smallest absolute Gasteiger partial charge is 0.138 e. The molecule has 17 heavy (non-hydrogen) atoms. The molecule has 0 saturated carbocycles. The van der Waals surface area contributed by atoms with Gasteiger partial charge in [0.25, 0.3) is 0 Å². The Kier molecular flexibility index (Phi) is 2.54. The van der Waals surface area contributed by atoms with E-state index in [1.54, 1.807) is 12.1 Å². The Labute approximate surface area is 108 Å². The first-order valence-electron chi connectivity index (χ1n) is 5.15. The number of rotatable bonds is 1. The molecule has 0 aliphatic heterocycles. The number of hydrogen-bond acceptors (Lipinski definition) is 1. The van der Waals surface area contributed by atoms with Gasteiger partial charge in [0.2, 0.25) is 0 Å². The highest BCUT2D eigenvalue weighted by molar-refractivity contribution is 6.39. The summed E-state index contributed by atoms with van der Waals surface area (Å²) in [6, 6.07) is 13.4. The summed E-state index contributed by atoms with van der Waals surface area (Å²) in [5.41, 5.74) is 2.49. The third-order valence-corrected chi connectivity index (χ3v) is 3.21. The molecule has 0 spiro atoms. The van der Waals surface area contributed by atoms with Gasteiger partial charge in [-0.1, -0.05) is 53.5 Å². The van der Waals surface area contributed by atoms with E-state index < -0.39 is 0 Å². The van der Waals surface area contributed by atoms with Crippen molar-refractivity contribution in [3.05, 3.63) is 52.5 Å². The second-order valence-electron chi connectivity index (χ2n) is 3.70. The summed E-state index contributed by atoms with van der Waals surface area (Å²) in [5.74, 6) is 0.774. The lowest BCUT2D eigenvalue weighted by molar-refractivity contribution is 1.34. The molecule has 1 heterocycles. The Balaban J connectivity index is 2.27. The summed E-state index contributed by atoms with van der Waals surface area (Å²) in [6.07, 6.45) is 0. The second kappa shape index (κ2) is 4.06. The van der Waals surface area contributed by atoms with Crippen molar-refractivity contribution in [1.82, 2.24) is 9.97 Å². The van der Waals surface area contributed by atoms with Crippen molar-refractivity contribution in [3.8, 4) is 11.4 Å². The van der Waals surface area contributed by atoms with Gasteiger partial charge in [-0.15, -0.1) is 0 Å². The number of nitrogens with zero attached hydrogens (tertiary/aromatic N) is 1. The van der Waals surface area contributed by atoms with E-state index in [2.05, 4.69) is 9.97 Å². The van der Waals surface area contributed by atoms with Gasteiger partial charge in [-0.3, -0.25) is 0 Å². The average molecular weight is 263 g/mol. The van der Waals surface area contributed by atoms with Gasteiger partial charge in [0.05, 0.1) is 15.6 Å². The lowest BCUT2D eigenvalue weighted by Crippen LogP contribution is -1.78. The number of imidazole rings is 1. The van der Waals surface area contributed by atoms with E-state index in [4.69, 9.17) is 23.2 Å². The van der Waals surface area contributed by atoms with Crippen LogP contribution in [0.15, 0.2) is 42.5 Å². The minimum atomic E-state index is 0.600. The van der Waals surface area contributed by atoms with Crippen LogP contribution in [0.25, 0.3) is 22.4 Å². The lowest BCUT2D eigenvalue weighted by atomic mass is 10.2. The molecule has 1 aromatic heterocycles. The van der Waals surface area contributed by atoms with Crippen LogP contribution in [0.1, 0.15) is 0 Å². The molecule has 0 aliphatic rings. The Bertz CT molecular complexity index is 635. The molecule has 0 radical (unpaired) electrons. The van der Waals surface area contributed by atoms with Gasteiger partial charge in [0.15, 0.2) is 0 Å². The topological polar surface area (TPSA) is 28.7 Å². The third-order valence-electron chi connectivity index (χ3n) is 2.59. The van der Waals surface area contributed by atoms with E-state index in [-0.39, 0.29) is 0 Å². The Hall–Kier alpha value is -1.51.